The van der Waals surface area contributed by atoms with Gasteiger partial charge in [-0.05, 0) is 47.9 Å². The summed E-state index contributed by atoms with van der Waals surface area (Å²) in [7, 11) is 0. The average Bonchev–Trinajstić information content (AvgIpc) is 2.87. The molecule has 1 atom stereocenters. The minimum absolute atomic E-state index is 0.0343. The number of rotatable bonds is 3. The highest BCUT2D eigenvalue weighted by atomic mass is 35.5. The molecule has 0 amide bonds. The van der Waals surface area contributed by atoms with Gasteiger partial charge in [-0.1, -0.05) is 29.3 Å². The van der Waals surface area contributed by atoms with E-state index in [0.29, 0.717) is 16.5 Å². The van der Waals surface area contributed by atoms with E-state index in [1.807, 2.05) is 41.3 Å². The molecule has 1 aliphatic heterocycles. The van der Waals surface area contributed by atoms with Crippen molar-refractivity contribution < 1.29 is 0 Å². The van der Waals surface area contributed by atoms with E-state index in [2.05, 4.69) is 6.07 Å². The van der Waals surface area contributed by atoms with E-state index in [9.17, 15) is 0 Å². The summed E-state index contributed by atoms with van der Waals surface area (Å²) in [4.78, 5) is 2.74. The van der Waals surface area contributed by atoms with E-state index in [-0.39, 0.29) is 6.04 Å². The van der Waals surface area contributed by atoms with Crippen molar-refractivity contribution >= 4 is 46.3 Å². The highest BCUT2D eigenvalue weighted by molar-refractivity contribution is 7.98. The molecule has 0 aliphatic carbocycles. The third-order valence-corrected chi connectivity index (χ3v) is 6.58. The monoisotopic (exact) mass is 343 g/mol. The van der Waals surface area contributed by atoms with Gasteiger partial charge in [0.1, 0.15) is 0 Å². The van der Waals surface area contributed by atoms with Crippen LogP contribution >= 0.6 is 46.3 Å². The molecular formula is C15H15Cl2NS2. The van der Waals surface area contributed by atoms with Crippen molar-refractivity contribution in [3.63, 3.8) is 0 Å². The van der Waals surface area contributed by atoms with E-state index >= 15 is 0 Å². The summed E-state index contributed by atoms with van der Waals surface area (Å²) in [5, 5.41) is 1.40. The Kier molecular flexibility index (Phi) is 4.63. The second-order valence-electron chi connectivity index (χ2n) is 4.91. The molecule has 3 rings (SSSR count). The number of hydrogen-bond donors (Lipinski definition) is 1. The molecule has 1 aromatic carbocycles. The number of benzene rings is 1. The molecule has 2 aromatic rings. The molecule has 0 radical (unpaired) electrons. The van der Waals surface area contributed by atoms with Crippen LogP contribution in [0.15, 0.2) is 24.3 Å². The van der Waals surface area contributed by atoms with Crippen LogP contribution in [0.4, 0.5) is 0 Å². The third kappa shape index (κ3) is 3.02. The lowest BCUT2D eigenvalue weighted by Crippen LogP contribution is -2.12. The number of fused-ring (bicyclic) bond motifs is 1. The molecule has 1 aliphatic rings. The third-order valence-electron chi connectivity index (χ3n) is 3.50. The molecule has 2 N–H and O–H groups in total. The fraction of sp³-hybridized carbons (Fsp3) is 0.333. The maximum absolute atomic E-state index is 6.36. The molecule has 20 heavy (non-hydrogen) atoms. The summed E-state index contributed by atoms with van der Waals surface area (Å²) in [6.45, 7) is 0. The summed E-state index contributed by atoms with van der Waals surface area (Å²) in [6.07, 6.45) is 1.86. The quantitative estimate of drug-likeness (QED) is 0.840. The van der Waals surface area contributed by atoms with E-state index < -0.39 is 0 Å². The van der Waals surface area contributed by atoms with Gasteiger partial charge in [0.15, 0.2) is 0 Å². The second kappa shape index (κ2) is 6.29. The molecule has 0 spiro atoms. The van der Waals surface area contributed by atoms with Gasteiger partial charge in [-0.25, -0.2) is 0 Å². The molecule has 2 heterocycles. The Hall–Kier alpha value is -0.190. The maximum Gasteiger partial charge on any atom is 0.0453 e. The smallest absolute Gasteiger partial charge is 0.0453 e. The Labute approximate surface area is 137 Å². The summed E-state index contributed by atoms with van der Waals surface area (Å²) >= 11 is 16.3. The molecule has 0 fully saturated rings. The number of aryl methyl sites for hydroxylation is 1. The molecule has 0 saturated carbocycles. The van der Waals surface area contributed by atoms with Crippen molar-refractivity contribution in [2.75, 3.05) is 5.75 Å². The lowest BCUT2D eigenvalue weighted by molar-refractivity contribution is 0.736. The predicted octanol–water partition coefficient (Wildman–Crippen LogP) is 5.09. The van der Waals surface area contributed by atoms with Crippen molar-refractivity contribution in [3.05, 3.63) is 55.2 Å². The van der Waals surface area contributed by atoms with Crippen molar-refractivity contribution in [2.45, 2.75) is 24.6 Å². The van der Waals surface area contributed by atoms with Crippen molar-refractivity contribution in [3.8, 4) is 0 Å². The zero-order chi connectivity index (χ0) is 14.1. The first-order valence-electron chi connectivity index (χ1n) is 6.53. The Morgan fingerprint density at radius 3 is 2.70 bits per heavy atom. The van der Waals surface area contributed by atoms with Crippen molar-refractivity contribution in [2.24, 2.45) is 5.73 Å². The first kappa shape index (κ1) is 14.7. The number of nitrogens with two attached hydrogens (primary N) is 1. The summed E-state index contributed by atoms with van der Waals surface area (Å²) in [5.74, 6) is 2.34. The van der Waals surface area contributed by atoms with Gasteiger partial charge in [0, 0.05) is 31.6 Å². The number of thiophene rings is 1. The molecule has 0 bridgehead atoms. The molecule has 1 aromatic heterocycles. The summed E-state index contributed by atoms with van der Waals surface area (Å²) in [6, 6.07) is 7.83. The standard InChI is InChI=1S/C15H15Cl2NS2/c16-11-2-1-3-12(17)10(11)7-13(18)15-6-9-8-19-5-4-14(9)20-15/h1-3,6,13H,4-5,7-8,18H2. The molecule has 0 saturated heterocycles. The van der Waals surface area contributed by atoms with Crippen LogP contribution in [-0.2, 0) is 18.6 Å². The van der Waals surface area contributed by atoms with Gasteiger partial charge in [0.25, 0.3) is 0 Å². The van der Waals surface area contributed by atoms with Gasteiger partial charge in [-0.3, -0.25) is 0 Å². The number of hydrogen-bond acceptors (Lipinski definition) is 3. The maximum atomic E-state index is 6.36. The summed E-state index contributed by atoms with van der Waals surface area (Å²) in [5.41, 5.74) is 8.77. The van der Waals surface area contributed by atoms with Gasteiger partial charge < -0.3 is 5.73 Å². The number of thioether (sulfide) groups is 1. The predicted molar refractivity (Wildman–Crippen MR) is 91.3 cm³/mol. The van der Waals surface area contributed by atoms with Crippen molar-refractivity contribution in [1.29, 1.82) is 0 Å². The first-order chi connectivity index (χ1) is 9.65. The lowest BCUT2D eigenvalue weighted by Gasteiger charge is -2.12. The molecule has 1 unspecified atom stereocenters. The molecule has 5 heteroatoms. The molecular weight excluding hydrogens is 329 g/mol. The Morgan fingerprint density at radius 2 is 2.00 bits per heavy atom. The van der Waals surface area contributed by atoms with Crippen LogP contribution in [-0.4, -0.2) is 5.75 Å². The Bertz CT molecular complexity index is 581. The molecule has 1 nitrogen and oxygen atoms in total. The normalized spacial score (nSPS) is 15.9. The minimum Gasteiger partial charge on any atom is -0.323 e. The van der Waals surface area contributed by atoms with Gasteiger partial charge in [0.05, 0.1) is 0 Å². The van der Waals surface area contributed by atoms with Gasteiger partial charge in [-0.15, -0.1) is 11.3 Å². The second-order valence-corrected chi connectivity index (χ2v) is 8.00. The first-order valence-corrected chi connectivity index (χ1v) is 9.25. The fourth-order valence-electron chi connectivity index (χ4n) is 2.40. The van der Waals surface area contributed by atoms with E-state index in [1.165, 1.54) is 27.5 Å². The van der Waals surface area contributed by atoms with Crippen LogP contribution in [0.25, 0.3) is 0 Å². The van der Waals surface area contributed by atoms with Gasteiger partial charge in [-0.2, -0.15) is 11.8 Å². The van der Waals surface area contributed by atoms with Crippen LogP contribution in [0.5, 0.6) is 0 Å². The van der Waals surface area contributed by atoms with Crippen LogP contribution in [0.3, 0.4) is 0 Å². The van der Waals surface area contributed by atoms with Crippen molar-refractivity contribution in [1.82, 2.24) is 0 Å². The van der Waals surface area contributed by atoms with Crippen LogP contribution < -0.4 is 5.73 Å². The van der Waals surface area contributed by atoms with Crippen LogP contribution in [0.1, 0.15) is 26.9 Å². The van der Waals surface area contributed by atoms with E-state index in [0.717, 1.165) is 11.3 Å². The lowest BCUT2D eigenvalue weighted by atomic mass is 10.0. The molecule has 106 valence electrons. The fourth-order valence-corrected chi connectivity index (χ4v) is 5.33. The average molecular weight is 344 g/mol. The topological polar surface area (TPSA) is 26.0 Å². The van der Waals surface area contributed by atoms with Crippen LogP contribution in [0, 0.1) is 0 Å². The SMILES string of the molecule is NC(Cc1c(Cl)cccc1Cl)c1cc2c(s1)CCSC2. The van der Waals surface area contributed by atoms with E-state index in [4.69, 9.17) is 28.9 Å². The number of halogens is 2. The van der Waals surface area contributed by atoms with E-state index in [1.54, 1.807) is 0 Å². The highest BCUT2D eigenvalue weighted by Crippen LogP contribution is 2.36. The summed E-state index contributed by atoms with van der Waals surface area (Å²) < 4.78 is 0. The Morgan fingerprint density at radius 1 is 1.25 bits per heavy atom. The minimum atomic E-state index is -0.0343. The Balaban J connectivity index is 1.82. The van der Waals surface area contributed by atoms with Crippen LogP contribution in [0.2, 0.25) is 10.0 Å². The zero-order valence-electron chi connectivity index (χ0n) is 10.9. The van der Waals surface area contributed by atoms with Gasteiger partial charge >= 0.3 is 0 Å². The highest BCUT2D eigenvalue weighted by Gasteiger charge is 2.19. The van der Waals surface area contributed by atoms with Gasteiger partial charge in [0.2, 0.25) is 0 Å². The largest absolute Gasteiger partial charge is 0.323 e. The zero-order valence-corrected chi connectivity index (χ0v) is 14.0.